The predicted octanol–water partition coefficient (Wildman–Crippen LogP) is 3.05. The summed E-state index contributed by atoms with van der Waals surface area (Å²) < 4.78 is 7.00. The number of aromatic nitrogens is 3. The van der Waals surface area contributed by atoms with Crippen LogP contribution in [0.2, 0.25) is 0 Å². The van der Waals surface area contributed by atoms with Gasteiger partial charge >= 0.3 is 5.97 Å². The van der Waals surface area contributed by atoms with Crippen molar-refractivity contribution in [3.63, 3.8) is 0 Å². The van der Waals surface area contributed by atoms with Crippen LogP contribution in [-0.2, 0) is 11.8 Å². The Kier molecular flexibility index (Phi) is 5.35. The van der Waals surface area contributed by atoms with Crippen LogP contribution in [-0.4, -0.2) is 45.6 Å². The van der Waals surface area contributed by atoms with E-state index >= 15 is 0 Å². The maximum atomic E-state index is 12.3. The fraction of sp³-hybridized carbons (Fsp3) is 0.389. The number of hydrogen-bond donors (Lipinski definition) is 0. The van der Waals surface area contributed by atoms with Crippen molar-refractivity contribution in [1.29, 1.82) is 0 Å². The number of carbonyl (C=O) groups is 1. The van der Waals surface area contributed by atoms with Gasteiger partial charge in [0.1, 0.15) is 5.69 Å². The highest BCUT2D eigenvalue weighted by atomic mass is 32.3. The molecule has 0 aliphatic heterocycles. The van der Waals surface area contributed by atoms with Crippen LogP contribution < -0.4 is 0 Å². The second-order valence-electron chi connectivity index (χ2n) is 6.55. The van der Waals surface area contributed by atoms with E-state index in [1.165, 1.54) is 0 Å². The minimum absolute atomic E-state index is 0.180. The van der Waals surface area contributed by atoms with E-state index in [1.807, 2.05) is 27.1 Å². The van der Waals surface area contributed by atoms with Crippen molar-refractivity contribution in [2.45, 2.75) is 20.0 Å². The van der Waals surface area contributed by atoms with Crippen LogP contribution in [0, 0.1) is 11.2 Å². The summed E-state index contributed by atoms with van der Waals surface area (Å²) in [5, 5.41) is 7.39. The van der Waals surface area contributed by atoms with Crippen molar-refractivity contribution < 1.29 is 9.53 Å². The highest BCUT2D eigenvalue weighted by Crippen LogP contribution is 2.32. The lowest BCUT2D eigenvalue weighted by molar-refractivity contribution is 0.0378. The van der Waals surface area contributed by atoms with E-state index in [0.29, 0.717) is 17.0 Å². The van der Waals surface area contributed by atoms with Gasteiger partial charge in [0.2, 0.25) is 0 Å². The van der Waals surface area contributed by atoms with Crippen molar-refractivity contribution in [3.05, 3.63) is 35.8 Å². The molecule has 0 aromatic carbocycles. The Morgan fingerprint density at radius 2 is 2.00 bits per heavy atom. The molecule has 6 heteroatoms. The fourth-order valence-corrected chi connectivity index (χ4v) is 2.31. The maximum Gasteiger partial charge on any atom is 0.338 e. The molecule has 0 unspecified atom stereocenters. The molecule has 24 heavy (non-hydrogen) atoms. The largest absolute Gasteiger partial charge is 0.459 e. The molecule has 2 aromatic heterocycles. The summed E-state index contributed by atoms with van der Waals surface area (Å²) in [6, 6.07) is 3.40. The Labute approximate surface area is 144 Å². The first-order valence-electron chi connectivity index (χ1n) is 7.57. The van der Waals surface area contributed by atoms with Crippen LogP contribution in [0.25, 0.3) is 11.3 Å². The Balaban J connectivity index is 2.50. The van der Waals surface area contributed by atoms with E-state index in [1.54, 1.807) is 23.0 Å². The van der Waals surface area contributed by atoms with Gasteiger partial charge in [-0.1, -0.05) is 0 Å². The SMILES string of the molecule is CC(C)OC(=O)c1cc(C#CS(C)(C)C)nc(-c2cnn(C)c2)c1. The molecule has 0 amide bonds. The van der Waals surface area contributed by atoms with Gasteiger partial charge in [0.15, 0.2) is 0 Å². The normalized spacial score (nSPS) is 11.8. The molecule has 0 bridgehead atoms. The van der Waals surface area contributed by atoms with E-state index < -0.39 is 10.0 Å². The van der Waals surface area contributed by atoms with Gasteiger partial charge in [0, 0.05) is 18.8 Å². The molecular formula is C18H23N3O2S. The van der Waals surface area contributed by atoms with Crippen LogP contribution >= 0.6 is 10.0 Å². The molecule has 0 spiro atoms. The summed E-state index contributed by atoms with van der Waals surface area (Å²) in [6.45, 7) is 3.65. The molecular weight excluding hydrogens is 322 g/mol. The lowest BCUT2D eigenvalue weighted by Gasteiger charge is -2.15. The molecule has 0 aliphatic carbocycles. The quantitative estimate of drug-likeness (QED) is 0.634. The Bertz CT molecular complexity index is 808. The summed E-state index contributed by atoms with van der Waals surface area (Å²) in [6.07, 6.45) is 9.72. The number of esters is 1. The van der Waals surface area contributed by atoms with Gasteiger partial charge in [-0.25, -0.2) is 9.78 Å². The number of aryl methyl sites for hydroxylation is 1. The van der Waals surface area contributed by atoms with Crippen LogP contribution in [0.15, 0.2) is 24.5 Å². The number of ether oxygens (including phenoxy) is 1. The topological polar surface area (TPSA) is 57.0 Å². The molecule has 0 saturated heterocycles. The molecule has 0 fully saturated rings. The third-order valence-corrected chi connectivity index (χ3v) is 3.60. The fourth-order valence-electron chi connectivity index (χ4n) is 1.90. The Hall–Kier alpha value is -2.26. The molecule has 5 nitrogen and oxygen atoms in total. The van der Waals surface area contributed by atoms with E-state index in [0.717, 1.165) is 5.56 Å². The zero-order valence-corrected chi connectivity index (χ0v) is 15.8. The summed E-state index contributed by atoms with van der Waals surface area (Å²) >= 11 is 0. The average Bonchev–Trinajstić information content (AvgIpc) is 2.90. The van der Waals surface area contributed by atoms with Crippen molar-refractivity contribution >= 4 is 16.0 Å². The highest BCUT2D eigenvalue weighted by Gasteiger charge is 2.14. The Morgan fingerprint density at radius 1 is 1.29 bits per heavy atom. The summed E-state index contributed by atoms with van der Waals surface area (Å²) in [5.41, 5.74) is 2.51. The molecule has 0 N–H and O–H groups in total. The van der Waals surface area contributed by atoms with E-state index in [-0.39, 0.29) is 12.1 Å². The van der Waals surface area contributed by atoms with Crippen molar-refractivity contribution in [3.8, 4) is 22.4 Å². The first-order chi connectivity index (χ1) is 11.1. The van der Waals surface area contributed by atoms with Gasteiger partial charge < -0.3 is 4.74 Å². The van der Waals surface area contributed by atoms with Crippen molar-refractivity contribution in [1.82, 2.24) is 14.8 Å². The van der Waals surface area contributed by atoms with Gasteiger partial charge in [-0.2, -0.15) is 15.1 Å². The number of rotatable bonds is 3. The highest BCUT2D eigenvalue weighted by molar-refractivity contribution is 8.35. The van der Waals surface area contributed by atoms with Gasteiger partial charge in [0.05, 0.1) is 23.6 Å². The minimum atomic E-state index is -0.982. The zero-order valence-electron chi connectivity index (χ0n) is 15.0. The van der Waals surface area contributed by atoms with E-state index in [2.05, 4.69) is 40.0 Å². The van der Waals surface area contributed by atoms with Crippen molar-refractivity contribution in [2.24, 2.45) is 7.05 Å². The first-order valence-corrected chi connectivity index (χ1v) is 10.4. The summed E-state index contributed by atoms with van der Waals surface area (Å²) in [7, 11) is 0.856. The van der Waals surface area contributed by atoms with Gasteiger partial charge in [-0.05, 0) is 55.9 Å². The van der Waals surface area contributed by atoms with Gasteiger partial charge in [-0.3, -0.25) is 4.68 Å². The molecule has 2 heterocycles. The van der Waals surface area contributed by atoms with Crippen LogP contribution in [0.5, 0.6) is 0 Å². The standard InChI is InChI=1S/C18H23N3O2S/c1-13(2)23-18(22)14-9-16(7-8-24(4,5)6)20-17(10-14)15-11-19-21(3)12-15/h9-13H,1-6H3. The zero-order chi connectivity index (χ0) is 17.9. The third-order valence-electron chi connectivity index (χ3n) is 2.89. The lowest BCUT2D eigenvalue weighted by Crippen LogP contribution is -2.12. The van der Waals surface area contributed by atoms with Gasteiger partial charge in [0.25, 0.3) is 0 Å². The van der Waals surface area contributed by atoms with Crippen LogP contribution in [0.4, 0.5) is 0 Å². The van der Waals surface area contributed by atoms with Gasteiger partial charge in [-0.15, -0.1) is 0 Å². The number of hydrogen-bond acceptors (Lipinski definition) is 4. The number of nitrogens with zero attached hydrogens (tertiary/aromatic N) is 3. The summed E-state index contributed by atoms with van der Waals surface area (Å²) in [5.74, 6) is 2.72. The molecule has 0 atom stereocenters. The smallest absolute Gasteiger partial charge is 0.338 e. The van der Waals surface area contributed by atoms with Crippen LogP contribution in [0.1, 0.15) is 29.9 Å². The maximum absolute atomic E-state index is 12.3. The molecule has 0 radical (unpaired) electrons. The minimum Gasteiger partial charge on any atom is -0.459 e. The average molecular weight is 345 g/mol. The molecule has 128 valence electrons. The van der Waals surface area contributed by atoms with E-state index in [4.69, 9.17) is 4.74 Å². The predicted molar refractivity (Wildman–Crippen MR) is 99.2 cm³/mol. The Morgan fingerprint density at radius 3 is 2.54 bits per heavy atom. The molecule has 2 rings (SSSR count). The number of pyridine rings is 1. The molecule has 0 aliphatic rings. The summed E-state index contributed by atoms with van der Waals surface area (Å²) in [4.78, 5) is 16.8. The molecule has 0 saturated carbocycles. The van der Waals surface area contributed by atoms with Crippen molar-refractivity contribution in [2.75, 3.05) is 18.8 Å². The third kappa shape index (κ3) is 5.14. The lowest BCUT2D eigenvalue weighted by atomic mass is 10.1. The monoisotopic (exact) mass is 345 g/mol. The van der Waals surface area contributed by atoms with E-state index in [9.17, 15) is 4.79 Å². The molecule has 2 aromatic rings. The second kappa shape index (κ2) is 7.10. The second-order valence-corrected chi connectivity index (χ2v) is 10.4. The van der Waals surface area contributed by atoms with Crippen LogP contribution in [0.3, 0.4) is 0 Å². The first kappa shape index (κ1) is 18.1. The number of carbonyl (C=O) groups excluding carboxylic acids is 1.